The number of rotatable bonds is 1. The number of halogens is 1. The summed E-state index contributed by atoms with van der Waals surface area (Å²) >= 11 is 0. The van der Waals surface area contributed by atoms with Crippen LogP contribution < -0.4 is 5.73 Å². The van der Waals surface area contributed by atoms with Crippen molar-refractivity contribution in [2.75, 3.05) is 12.3 Å². The molecule has 0 radical (unpaired) electrons. The van der Waals surface area contributed by atoms with Gasteiger partial charge in [0.15, 0.2) is 0 Å². The highest BCUT2D eigenvalue weighted by atomic mass is 19.1. The van der Waals surface area contributed by atoms with Crippen LogP contribution in [0.4, 0.5) is 10.1 Å². The highest BCUT2D eigenvalue weighted by Gasteiger charge is 2.32. The zero-order chi connectivity index (χ0) is 14.2. The van der Waals surface area contributed by atoms with Crippen molar-refractivity contribution in [2.24, 2.45) is 11.8 Å². The molecule has 1 aromatic rings. The molecule has 0 saturated carbocycles. The third kappa shape index (κ3) is 2.88. The van der Waals surface area contributed by atoms with Crippen molar-refractivity contribution < 1.29 is 9.18 Å². The van der Waals surface area contributed by atoms with E-state index in [2.05, 4.69) is 20.8 Å². The first-order valence-electron chi connectivity index (χ1n) is 6.75. The second-order valence-corrected chi connectivity index (χ2v) is 5.79. The predicted octanol–water partition coefficient (Wildman–Crippen LogP) is 2.91. The second kappa shape index (κ2) is 5.19. The van der Waals surface area contributed by atoms with Gasteiger partial charge in [0.2, 0.25) is 0 Å². The summed E-state index contributed by atoms with van der Waals surface area (Å²) < 4.78 is 13.4. The quantitative estimate of drug-likeness (QED) is 0.793. The third-order valence-electron chi connectivity index (χ3n) is 4.03. The van der Waals surface area contributed by atoms with E-state index in [-0.39, 0.29) is 17.6 Å². The van der Waals surface area contributed by atoms with Crippen LogP contribution in [-0.2, 0) is 0 Å². The number of hydrogen-bond acceptors (Lipinski definition) is 2. The fourth-order valence-electron chi connectivity index (χ4n) is 2.88. The number of piperidine rings is 1. The van der Waals surface area contributed by atoms with Gasteiger partial charge in [0.05, 0.1) is 0 Å². The van der Waals surface area contributed by atoms with E-state index in [4.69, 9.17) is 5.73 Å². The van der Waals surface area contributed by atoms with Crippen LogP contribution in [0.3, 0.4) is 0 Å². The number of carbonyl (C=O) groups excluding carboxylic acids is 1. The summed E-state index contributed by atoms with van der Waals surface area (Å²) in [6, 6.07) is 4.20. The molecule has 1 heterocycles. The molecule has 0 aliphatic carbocycles. The van der Waals surface area contributed by atoms with Crippen LogP contribution in [0.5, 0.6) is 0 Å². The van der Waals surface area contributed by atoms with Gasteiger partial charge in [0, 0.05) is 23.8 Å². The number of hydrogen-bond donors (Lipinski definition) is 1. The average molecular weight is 264 g/mol. The van der Waals surface area contributed by atoms with E-state index in [9.17, 15) is 9.18 Å². The number of likely N-dealkylation sites (tertiary alicyclic amines) is 1. The lowest BCUT2D eigenvalue weighted by molar-refractivity contribution is 0.0455. The van der Waals surface area contributed by atoms with Gasteiger partial charge in [-0.25, -0.2) is 4.39 Å². The van der Waals surface area contributed by atoms with Crippen molar-refractivity contribution in [1.29, 1.82) is 0 Å². The molecule has 0 bridgehead atoms. The lowest BCUT2D eigenvalue weighted by Gasteiger charge is -2.41. The first kappa shape index (κ1) is 13.8. The first-order valence-corrected chi connectivity index (χ1v) is 6.75. The number of anilines is 1. The van der Waals surface area contributed by atoms with E-state index >= 15 is 0 Å². The summed E-state index contributed by atoms with van der Waals surface area (Å²) in [5, 5.41) is 0. The molecule has 2 rings (SSSR count). The molecule has 0 aromatic heterocycles. The van der Waals surface area contributed by atoms with Gasteiger partial charge >= 0.3 is 0 Å². The highest BCUT2D eigenvalue weighted by Crippen LogP contribution is 2.28. The van der Waals surface area contributed by atoms with E-state index < -0.39 is 5.82 Å². The van der Waals surface area contributed by atoms with Gasteiger partial charge in [0.25, 0.3) is 5.91 Å². The monoisotopic (exact) mass is 264 g/mol. The van der Waals surface area contributed by atoms with Crippen molar-refractivity contribution >= 4 is 11.6 Å². The molecule has 1 aliphatic rings. The van der Waals surface area contributed by atoms with Crippen LogP contribution in [-0.4, -0.2) is 23.4 Å². The lowest BCUT2D eigenvalue weighted by Crippen LogP contribution is -2.48. The molecule has 3 atom stereocenters. The maximum Gasteiger partial charge on any atom is 0.254 e. The summed E-state index contributed by atoms with van der Waals surface area (Å²) in [6.45, 7) is 7.07. The number of amides is 1. The Morgan fingerprint density at radius 1 is 1.32 bits per heavy atom. The topological polar surface area (TPSA) is 46.3 Å². The molecule has 1 aliphatic heterocycles. The van der Waals surface area contributed by atoms with E-state index in [0.717, 1.165) is 13.0 Å². The lowest BCUT2D eigenvalue weighted by atomic mass is 9.85. The summed E-state index contributed by atoms with van der Waals surface area (Å²) in [5.74, 6) is 0.339. The number of nitrogen functional groups attached to an aromatic ring is 1. The van der Waals surface area contributed by atoms with E-state index in [1.807, 2.05) is 4.90 Å². The molecule has 1 fully saturated rings. The molecule has 0 spiro atoms. The van der Waals surface area contributed by atoms with Crippen LogP contribution in [0.15, 0.2) is 18.2 Å². The maximum atomic E-state index is 13.4. The molecule has 3 unspecified atom stereocenters. The van der Waals surface area contributed by atoms with E-state index in [1.54, 1.807) is 6.07 Å². The summed E-state index contributed by atoms with van der Waals surface area (Å²) in [4.78, 5) is 14.3. The van der Waals surface area contributed by atoms with Crippen molar-refractivity contribution in [1.82, 2.24) is 4.90 Å². The summed E-state index contributed by atoms with van der Waals surface area (Å²) in [5.41, 5.74) is 6.23. The van der Waals surface area contributed by atoms with Crippen LogP contribution in [0.2, 0.25) is 0 Å². The SMILES string of the molecule is CC1CC(C)C(C)N(C(=O)c2cc(N)cc(F)c2)C1. The molecule has 1 amide bonds. The van der Waals surface area contributed by atoms with Crippen LogP contribution >= 0.6 is 0 Å². The molecular weight excluding hydrogens is 243 g/mol. The Balaban J connectivity index is 2.27. The van der Waals surface area contributed by atoms with Crippen LogP contribution in [0, 0.1) is 17.7 Å². The minimum Gasteiger partial charge on any atom is -0.399 e. The van der Waals surface area contributed by atoms with Gasteiger partial charge in [-0.15, -0.1) is 0 Å². The van der Waals surface area contributed by atoms with Gasteiger partial charge in [-0.05, 0) is 43.4 Å². The summed E-state index contributed by atoms with van der Waals surface area (Å²) in [7, 11) is 0. The molecular formula is C15H21FN2O. The fraction of sp³-hybridized carbons (Fsp3) is 0.533. The van der Waals surface area contributed by atoms with Gasteiger partial charge in [-0.3, -0.25) is 4.79 Å². The van der Waals surface area contributed by atoms with E-state index in [0.29, 0.717) is 17.4 Å². The zero-order valence-electron chi connectivity index (χ0n) is 11.7. The number of carbonyl (C=O) groups is 1. The van der Waals surface area contributed by atoms with Crippen molar-refractivity contribution in [3.8, 4) is 0 Å². The fourth-order valence-corrected chi connectivity index (χ4v) is 2.88. The zero-order valence-corrected chi connectivity index (χ0v) is 11.7. The molecule has 19 heavy (non-hydrogen) atoms. The maximum absolute atomic E-state index is 13.4. The molecule has 1 saturated heterocycles. The van der Waals surface area contributed by atoms with Gasteiger partial charge in [0.1, 0.15) is 5.82 Å². The Morgan fingerprint density at radius 2 is 2.00 bits per heavy atom. The number of nitrogens with two attached hydrogens (primary N) is 1. The minimum absolute atomic E-state index is 0.128. The molecule has 3 nitrogen and oxygen atoms in total. The third-order valence-corrected chi connectivity index (χ3v) is 4.03. The largest absolute Gasteiger partial charge is 0.399 e. The number of nitrogens with zero attached hydrogens (tertiary/aromatic N) is 1. The number of benzene rings is 1. The van der Waals surface area contributed by atoms with Gasteiger partial charge in [-0.1, -0.05) is 13.8 Å². The minimum atomic E-state index is -0.464. The van der Waals surface area contributed by atoms with Gasteiger partial charge < -0.3 is 10.6 Å². The molecule has 2 N–H and O–H groups in total. The Kier molecular flexibility index (Phi) is 3.78. The second-order valence-electron chi connectivity index (χ2n) is 5.79. The smallest absolute Gasteiger partial charge is 0.254 e. The summed E-state index contributed by atoms with van der Waals surface area (Å²) in [6.07, 6.45) is 1.12. The van der Waals surface area contributed by atoms with E-state index in [1.165, 1.54) is 12.1 Å². The van der Waals surface area contributed by atoms with Crippen molar-refractivity contribution in [3.63, 3.8) is 0 Å². The standard InChI is InChI=1S/C15H21FN2O/c1-9-4-10(2)11(3)18(8-9)15(19)12-5-13(16)7-14(17)6-12/h5-7,9-11H,4,8,17H2,1-3H3. The molecule has 4 heteroatoms. The Labute approximate surface area is 113 Å². The Morgan fingerprint density at radius 3 is 2.63 bits per heavy atom. The highest BCUT2D eigenvalue weighted by molar-refractivity contribution is 5.95. The first-order chi connectivity index (χ1) is 8.88. The van der Waals surface area contributed by atoms with Crippen molar-refractivity contribution in [3.05, 3.63) is 29.6 Å². The average Bonchev–Trinajstić information content (AvgIpc) is 2.31. The van der Waals surface area contributed by atoms with Crippen LogP contribution in [0.25, 0.3) is 0 Å². The van der Waals surface area contributed by atoms with Crippen LogP contribution in [0.1, 0.15) is 37.6 Å². The normalized spacial score (nSPS) is 27.4. The Bertz CT molecular complexity index is 469. The van der Waals surface area contributed by atoms with Crippen molar-refractivity contribution in [2.45, 2.75) is 33.2 Å². The molecule has 104 valence electrons. The molecule has 1 aromatic carbocycles. The van der Waals surface area contributed by atoms with Gasteiger partial charge in [-0.2, -0.15) is 0 Å². The Hall–Kier alpha value is -1.58. The predicted molar refractivity (Wildman–Crippen MR) is 74.3 cm³/mol.